The van der Waals surface area contributed by atoms with E-state index in [2.05, 4.69) is 47.4 Å². The van der Waals surface area contributed by atoms with Gasteiger partial charge in [-0.15, -0.1) is 0 Å². The van der Waals surface area contributed by atoms with Crippen molar-refractivity contribution < 1.29 is 13.3 Å². The molecule has 0 bridgehead atoms. The van der Waals surface area contributed by atoms with Crippen molar-refractivity contribution in [3.05, 3.63) is 102 Å². The van der Waals surface area contributed by atoms with Crippen LogP contribution in [0, 0.1) is 0 Å². The number of fused-ring (bicyclic) bond motifs is 7. The summed E-state index contributed by atoms with van der Waals surface area (Å²) in [6.45, 7) is 0. The lowest BCUT2D eigenvalue weighted by Crippen LogP contribution is -1.85. The summed E-state index contributed by atoms with van der Waals surface area (Å²) in [5, 5.41) is 4.43. The van der Waals surface area contributed by atoms with Crippen molar-refractivity contribution >= 4 is 66.6 Å². The summed E-state index contributed by atoms with van der Waals surface area (Å²) in [7, 11) is 0. The molecule has 0 amide bonds. The first-order valence-electron chi connectivity index (χ1n) is 11.6. The minimum absolute atomic E-state index is 0.120. The predicted molar refractivity (Wildman–Crippen MR) is 144 cm³/mol. The summed E-state index contributed by atoms with van der Waals surface area (Å²) >= 11 is 6.22. The second kappa shape index (κ2) is 7.23. The molecule has 8 rings (SSSR count). The number of halogens is 1. The fourth-order valence-corrected chi connectivity index (χ4v) is 5.36. The Kier molecular flexibility index (Phi) is 3.96. The van der Waals surface area contributed by atoms with Gasteiger partial charge in [0.05, 0.1) is 0 Å². The van der Waals surface area contributed by atoms with Crippen molar-refractivity contribution in [1.29, 1.82) is 0 Å². The Labute approximate surface area is 209 Å². The Hall–Kier alpha value is -4.54. The van der Waals surface area contributed by atoms with E-state index >= 15 is 0 Å². The largest absolute Gasteiger partial charge is 0.456 e. The molecule has 8 aromatic rings. The minimum atomic E-state index is 0.120. The van der Waals surface area contributed by atoms with Gasteiger partial charge in [0, 0.05) is 27.1 Å². The maximum Gasteiger partial charge on any atom is 0.293 e. The highest BCUT2D eigenvalue weighted by Gasteiger charge is 2.16. The van der Waals surface area contributed by atoms with Crippen molar-refractivity contribution in [2.45, 2.75) is 0 Å². The average Bonchev–Trinajstić information content (AvgIpc) is 3.59. The summed E-state index contributed by atoms with van der Waals surface area (Å²) in [6, 6.07) is 32.8. The van der Waals surface area contributed by atoms with Gasteiger partial charge in [0.1, 0.15) is 27.8 Å². The number of nitrogens with zero attached hydrogens (tertiary/aromatic N) is 1. The van der Waals surface area contributed by atoms with Crippen molar-refractivity contribution in [2.24, 2.45) is 0 Å². The molecule has 0 aliphatic heterocycles. The van der Waals surface area contributed by atoms with E-state index in [0.717, 1.165) is 71.6 Å². The van der Waals surface area contributed by atoms with E-state index in [1.54, 1.807) is 0 Å². The van der Waals surface area contributed by atoms with Crippen molar-refractivity contribution in [2.75, 3.05) is 0 Å². The summed E-state index contributed by atoms with van der Waals surface area (Å²) in [5.74, 6) is 0. The van der Waals surface area contributed by atoms with Gasteiger partial charge in [0.2, 0.25) is 0 Å². The Morgan fingerprint density at radius 3 is 1.75 bits per heavy atom. The summed E-state index contributed by atoms with van der Waals surface area (Å²) < 4.78 is 17.9. The number of benzene rings is 5. The van der Waals surface area contributed by atoms with Gasteiger partial charge in [-0.05, 0) is 76.8 Å². The number of hydrogen-bond acceptors (Lipinski definition) is 4. The van der Waals surface area contributed by atoms with Gasteiger partial charge in [0.25, 0.3) is 5.35 Å². The Morgan fingerprint density at radius 1 is 0.472 bits per heavy atom. The molecule has 0 aliphatic carbocycles. The molecule has 36 heavy (non-hydrogen) atoms. The zero-order valence-corrected chi connectivity index (χ0v) is 19.5. The molecule has 0 aliphatic rings. The zero-order valence-electron chi connectivity index (χ0n) is 18.8. The molecule has 0 N–H and O–H groups in total. The van der Waals surface area contributed by atoms with Crippen LogP contribution in [0.2, 0.25) is 5.35 Å². The van der Waals surface area contributed by atoms with Gasteiger partial charge in [0.15, 0.2) is 5.58 Å². The highest BCUT2D eigenvalue weighted by atomic mass is 35.5. The van der Waals surface area contributed by atoms with Crippen LogP contribution in [0.3, 0.4) is 0 Å². The second-order valence-electron chi connectivity index (χ2n) is 8.96. The topological polar surface area (TPSA) is 52.3 Å². The van der Waals surface area contributed by atoms with Crippen molar-refractivity contribution in [1.82, 2.24) is 4.98 Å². The van der Waals surface area contributed by atoms with Crippen LogP contribution in [0.4, 0.5) is 0 Å². The molecular weight excluding hydrogens is 470 g/mol. The highest BCUT2D eigenvalue weighted by molar-refractivity contribution is 6.28. The van der Waals surface area contributed by atoms with Crippen LogP contribution in [0.25, 0.3) is 77.2 Å². The Morgan fingerprint density at radius 2 is 1.06 bits per heavy atom. The van der Waals surface area contributed by atoms with Gasteiger partial charge >= 0.3 is 0 Å². The first kappa shape index (κ1) is 19.7. The number of hydrogen-bond donors (Lipinski definition) is 0. The van der Waals surface area contributed by atoms with E-state index in [9.17, 15) is 0 Å². The smallest absolute Gasteiger partial charge is 0.293 e. The molecule has 170 valence electrons. The number of aromatic nitrogens is 1. The number of furan rings is 2. The zero-order chi connectivity index (χ0) is 23.8. The van der Waals surface area contributed by atoms with Crippen LogP contribution < -0.4 is 0 Å². The lowest BCUT2D eigenvalue weighted by molar-refractivity contribution is 0.604. The van der Waals surface area contributed by atoms with E-state index in [4.69, 9.17) is 24.9 Å². The maximum absolute atomic E-state index is 6.22. The normalized spacial score (nSPS) is 12.0. The van der Waals surface area contributed by atoms with Crippen LogP contribution >= 0.6 is 11.6 Å². The lowest BCUT2D eigenvalue weighted by Gasteiger charge is -2.08. The van der Waals surface area contributed by atoms with Crippen LogP contribution in [-0.2, 0) is 0 Å². The SMILES string of the molecule is Clc1nc2c(-c3ccc4oc5ccccc5c4c3)cc(-c3ccc4oc5ccccc5c4c3)cc2o1. The maximum atomic E-state index is 6.22. The first-order valence-corrected chi connectivity index (χ1v) is 12.0. The minimum Gasteiger partial charge on any atom is -0.456 e. The third kappa shape index (κ3) is 2.85. The molecule has 0 spiro atoms. The van der Waals surface area contributed by atoms with E-state index in [0.29, 0.717) is 5.58 Å². The molecule has 0 unspecified atom stereocenters. The van der Waals surface area contributed by atoms with Gasteiger partial charge < -0.3 is 13.3 Å². The van der Waals surface area contributed by atoms with Crippen LogP contribution in [0.1, 0.15) is 0 Å². The summed E-state index contributed by atoms with van der Waals surface area (Å²) in [6.07, 6.45) is 0. The molecule has 0 saturated carbocycles. The van der Waals surface area contributed by atoms with Crippen LogP contribution in [-0.4, -0.2) is 4.98 Å². The average molecular weight is 486 g/mol. The van der Waals surface area contributed by atoms with Crippen LogP contribution in [0.5, 0.6) is 0 Å². The Balaban J connectivity index is 1.38. The van der Waals surface area contributed by atoms with Gasteiger partial charge in [-0.2, -0.15) is 4.98 Å². The van der Waals surface area contributed by atoms with E-state index in [-0.39, 0.29) is 5.35 Å². The quantitative estimate of drug-likeness (QED) is 0.244. The molecule has 0 atom stereocenters. The molecule has 5 heteroatoms. The molecule has 0 fully saturated rings. The molecular formula is C31H16ClNO3. The molecule has 3 heterocycles. The van der Waals surface area contributed by atoms with Crippen LogP contribution in [0.15, 0.2) is 110 Å². The van der Waals surface area contributed by atoms with Crippen molar-refractivity contribution in [3.63, 3.8) is 0 Å². The molecule has 3 aromatic heterocycles. The molecule has 4 nitrogen and oxygen atoms in total. The predicted octanol–water partition coefficient (Wildman–Crippen LogP) is 9.61. The van der Waals surface area contributed by atoms with Gasteiger partial charge in [-0.1, -0.05) is 48.5 Å². The Bertz CT molecular complexity index is 2130. The molecule has 5 aromatic carbocycles. The summed E-state index contributed by atoms with van der Waals surface area (Å²) in [4.78, 5) is 4.50. The highest BCUT2D eigenvalue weighted by Crippen LogP contribution is 2.39. The van der Waals surface area contributed by atoms with E-state index < -0.39 is 0 Å². The molecule has 0 radical (unpaired) electrons. The van der Waals surface area contributed by atoms with E-state index in [1.165, 1.54) is 0 Å². The van der Waals surface area contributed by atoms with Gasteiger partial charge in [-0.3, -0.25) is 0 Å². The first-order chi connectivity index (χ1) is 17.7. The monoisotopic (exact) mass is 485 g/mol. The third-order valence-corrected chi connectivity index (χ3v) is 7.03. The summed E-state index contributed by atoms with van der Waals surface area (Å²) in [5.41, 5.74) is 8.85. The number of oxazole rings is 1. The second-order valence-corrected chi connectivity index (χ2v) is 9.28. The fraction of sp³-hybridized carbons (Fsp3) is 0. The molecule has 0 saturated heterocycles. The number of rotatable bonds is 2. The standard InChI is InChI=1S/C31H16ClNO3/c32-31-33-30-22(18-10-12-28-24(14-18)21-6-2-4-8-26(21)35-28)15-19(16-29(30)36-31)17-9-11-27-23(13-17)20-5-1-3-7-25(20)34-27/h1-16H. The fourth-order valence-electron chi connectivity index (χ4n) is 5.19. The lowest BCUT2D eigenvalue weighted by atomic mass is 9.96. The number of para-hydroxylation sites is 2. The van der Waals surface area contributed by atoms with Crippen molar-refractivity contribution in [3.8, 4) is 22.3 Å². The third-order valence-electron chi connectivity index (χ3n) is 6.87. The van der Waals surface area contributed by atoms with E-state index in [1.807, 2.05) is 54.6 Å². The van der Waals surface area contributed by atoms with Gasteiger partial charge in [-0.25, -0.2) is 0 Å².